The Hall–Kier alpha value is -1.81. The minimum atomic E-state index is -3.75. The molecule has 1 fully saturated rings. The molecule has 0 spiro atoms. The van der Waals surface area contributed by atoms with Crippen molar-refractivity contribution in [3.63, 3.8) is 0 Å². The van der Waals surface area contributed by atoms with E-state index in [4.69, 9.17) is 0 Å². The molecule has 9 heteroatoms. The SMILES string of the molecule is CC(NCC(=O)N1CCN(S(=O)(=O)c2cccc(F)c2)CC1)c1cccs1. The number of halogens is 1. The first-order valence-corrected chi connectivity index (χ1v) is 11.0. The van der Waals surface area contributed by atoms with Crippen LogP contribution in [0.4, 0.5) is 4.39 Å². The van der Waals surface area contributed by atoms with Crippen molar-refractivity contribution in [2.45, 2.75) is 17.9 Å². The highest BCUT2D eigenvalue weighted by Crippen LogP contribution is 2.19. The molecule has 2 heterocycles. The third-order valence-corrected chi connectivity index (χ3v) is 7.50. The number of carbonyl (C=O) groups is 1. The van der Waals surface area contributed by atoms with E-state index in [0.717, 1.165) is 10.9 Å². The minimum absolute atomic E-state index is 0.0544. The van der Waals surface area contributed by atoms with Gasteiger partial charge in [0.2, 0.25) is 15.9 Å². The molecule has 0 saturated carbocycles. The van der Waals surface area contributed by atoms with Crippen molar-refractivity contribution in [2.24, 2.45) is 0 Å². The first kappa shape index (κ1) is 19.9. The Kier molecular flexibility index (Phi) is 6.25. The Labute approximate surface area is 162 Å². The highest BCUT2D eigenvalue weighted by atomic mass is 32.2. The van der Waals surface area contributed by atoms with Gasteiger partial charge < -0.3 is 10.2 Å². The van der Waals surface area contributed by atoms with E-state index in [1.807, 2.05) is 24.4 Å². The maximum Gasteiger partial charge on any atom is 0.243 e. The third kappa shape index (κ3) is 4.73. The lowest BCUT2D eigenvalue weighted by Gasteiger charge is -2.34. The molecule has 1 amide bonds. The number of carbonyl (C=O) groups excluding carboxylic acids is 1. The summed E-state index contributed by atoms with van der Waals surface area (Å²) in [5.41, 5.74) is 0. The highest BCUT2D eigenvalue weighted by molar-refractivity contribution is 7.89. The van der Waals surface area contributed by atoms with E-state index < -0.39 is 15.8 Å². The number of nitrogens with one attached hydrogen (secondary N) is 1. The largest absolute Gasteiger partial charge is 0.339 e. The van der Waals surface area contributed by atoms with Crippen LogP contribution in [0.5, 0.6) is 0 Å². The number of nitrogens with zero attached hydrogens (tertiary/aromatic N) is 2. The summed E-state index contributed by atoms with van der Waals surface area (Å²) in [4.78, 5) is 15.2. The van der Waals surface area contributed by atoms with E-state index in [0.29, 0.717) is 13.1 Å². The lowest BCUT2D eigenvalue weighted by Crippen LogP contribution is -2.52. The van der Waals surface area contributed by atoms with E-state index in [1.54, 1.807) is 16.2 Å². The second kappa shape index (κ2) is 8.47. The van der Waals surface area contributed by atoms with Gasteiger partial charge in [-0.1, -0.05) is 12.1 Å². The van der Waals surface area contributed by atoms with Gasteiger partial charge in [-0.25, -0.2) is 12.8 Å². The molecule has 27 heavy (non-hydrogen) atoms. The molecule has 2 aromatic rings. The van der Waals surface area contributed by atoms with Crippen molar-refractivity contribution in [1.82, 2.24) is 14.5 Å². The van der Waals surface area contributed by atoms with Crippen LogP contribution in [0.2, 0.25) is 0 Å². The third-order valence-electron chi connectivity index (χ3n) is 4.55. The molecule has 1 aromatic carbocycles. The molecule has 0 bridgehead atoms. The number of benzene rings is 1. The summed E-state index contributed by atoms with van der Waals surface area (Å²) in [5.74, 6) is -0.642. The predicted octanol–water partition coefficient (Wildman–Crippen LogP) is 2.07. The lowest BCUT2D eigenvalue weighted by atomic mass is 10.2. The van der Waals surface area contributed by atoms with Gasteiger partial charge in [0.15, 0.2) is 0 Å². The lowest BCUT2D eigenvalue weighted by molar-refractivity contribution is -0.131. The van der Waals surface area contributed by atoms with Crippen LogP contribution in [0, 0.1) is 5.82 Å². The number of amides is 1. The standard InChI is InChI=1S/C18H22FN3O3S2/c1-14(17-6-3-11-26-17)20-13-18(23)21-7-9-22(10-8-21)27(24,25)16-5-2-4-15(19)12-16/h2-6,11-12,14,20H,7-10,13H2,1H3. The van der Waals surface area contributed by atoms with E-state index in [9.17, 15) is 17.6 Å². The molecule has 1 N–H and O–H groups in total. The molecular weight excluding hydrogens is 389 g/mol. The second-order valence-corrected chi connectivity index (χ2v) is 9.28. The van der Waals surface area contributed by atoms with Crippen molar-refractivity contribution in [1.29, 1.82) is 0 Å². The normalized spacial score (nSPS) is 17.0. The van der Waals surface area contributed by atoms with Crippen LogP contribution in [0.1, 0.15) is 17.8 Å². The van der Waals surface area contributed by atoms with Crippen LogP contribution >= 0.6 is 11.3 Å². The van der Waals surface area contributed by atoms with Gasteiger partial charge in [0.05, 0.1) is 11.4 Å². The molecule has 3 rings (SSSR count). The minimum Gasteiger partial charge on any atom is -0.339 e. The maximum absolute atomic E-state index is 13.3. The highest BCUT2D eigenvalue weighted by Gasteiger charge is 2.30. The first-order valence-electron chi connectivity index (χ1n) is 8.68. The van der Waals surface area contributed by atoms with Crippen molar-refractivity contribution < 1.29 is 17.6 Å². The van der Waals surface area contributed by atoms with Crippen molar-refractivity contribution in [3.8, 4) is 0 Å². The van der Waals surface area contributed by atoms with Gasteiger partial charge >= 0.3 is 0 Å². The van der Waals surface area contributed by atoms with Crippen molar-refractivity contribution >= 4 is 27.3 Å². The summed E-state index contributed by atoms with van der Waals surface area (Å²) in [7, 11) is -3.75. The zero-order valence-electron chi connectivity index (χ0n) is 15.0. The monoisotopic (exact) mass is 411 g/mol. The molecule has 0 aliphatic carbocycles. The van der Waals surface area contributed by atoms with Crippen LogP contribution in [0.25, 0.3) is 0 Å². The van der Waals surface area contributed by atoms with Gasteiger partial charge in [-0.05, 0) is 36.6 Å². The van der Waals surface area contributed by atoms with E-state index in [-0.39, 0.29) is 36.5 Å². The Balaban J connectivity index is 1.53. The number of rotatable bonds is 6. The van der Waals surface area contributed by atoms with E-state index in [2.05, 4.69) is 5.32 Å². The molecule has 0 radical (unpaired) electrons. The summed E-state index contributed by atoms with van der Waals surface area (Å²) in [6, 6.07) is 9.06. The van der Waals surface area contributed by atoms with E-state index in [1.165, 1.54) is 22.5 Å². The Morgan fingerprint density at radius 1 is 1.22 bits per heavy atom. The summed E-state index contributed by atoms with van der Waals surface area (Å²) in [6.07, 6.45) is 0. The number of hydrogen-bond acceptors (Lipinski definition) is 5. The molecule has 6 nitrogen and oxygen atoms in total. The molecule has 1 aliphatic heterocycles. The van der Waals surface area contributed by atoms with Crippen LogP contribution in [-0.4, -0.2) is 56.3 Å². The topological polar surface area (TPSA) is 69.7 Å². The average molecular weight is 412 g/mol. The fourth-order valence-corrected chi connectivity index (χ4v) is 5.16. The van der Waals surface area contributed by atoms with Crippen molar-refractivity contribution in [3.05, 3.63) is 52.5 Å². The van der Waals surface area contributed by atoms with Gasteiger partial charge in [0, 0.05) is 37.1 Å². The Morgan fingerprint density at radius 2 is 1.96 bits per heavy atom. The summed E-state index contributed by atoms with van der Waals surface area (Å²) in [5, 5.41) is 5.19. The maximum atomic E-state index is 13.3. The van der Waals surface area contributed by atoms with Gasteiger partial charge in [-0.15, -0.1) is 11.3 Å². The summed E-state index contributed by atoms with van der Waals surface area (Å²) < 4.78 is 39.9. The second-order valence-electron chi connectivity index (χ2n) is 6.36. The van der Waals surface area contributed by atoms with Crippen LogP contribution < -0.4 is 5.32 Å². The molecule has 1 aromatic heterocycles. The van der Waals surface area contributed by atoms with Crippen LogP contribution in [0.3, 0.4) is 0 Å². The first-order chi connectivity index (χ1) is 12.9. The van der Waals surface area contributed by atoms with Gasteiger partial charge in [0.25, 0.3) is 0 Å². The zero-order chi connectivity index (χ0) is 19.4. The van der Waals surface area contributed by atoms with Crippen LogP contribution in [-0.2, 0) is 14.8 Å². The molecule has 1 aliphatic rings. The average Bonchev–Trinajstić information content (AvgIpc) is 3.21. The Morgan fingerprint density at radius 3 is 2.59 bits per heavy atom. The van der Waals surface area contributed by atoms with Gasteiger partial charge in [-0.2, -0.15) is 4.31 Å². The molecule has 146 valence electrons. The molecule has 1 saturated heterocycles. The van der Waals surface area contributed by atoms with Crippen LogP contribution in [0.15, 0.2) is 46.7 Å². The quantitative estimate of drug-likeness (QED) is 0.790. The number of hydrogen-bond donors (Lipinski definition) is 1. The predicted molar refractivity (Wildman–Crippen MR) is 102 cm³/mol. The zero-order valence-corrected chi connectivity index (χ0v) is 16.6. The number of piperazine rings is 1. The summed E-state index contributed by atoms with van der Waals surface area (Å²) >= 11 is 1.63. The number of thiophene rings is 1. The fourth-order valence-electron chi connectivity index (χ4n) is 2.94. The Bertz CT molecular complexity index is 879. The van der Waals surface area contributed by atoms with Gasteiger partial charge in [-0.3, -0.25) is 4.79 Å². The smallest absolute Gasteiger partial charge is 0.243 e. The fraction of sp³-hybridized carbons (Fsp3) is 0.389. The molecule has 1 atom stereocenters. The van der Waals surface area contributed by atoms with Crippen molar-refractivity contribution in [2.75, 3.05) is 32.7 Å². The molecular formula is C18H22FN3O3S2. The van der Waals surface area contributed by atoms with Gasteiger partial charge in [0.1, 0.15) is 5.82 Å². The number of sulfonamides is 1. The van der Waals surface area contributed by atoms with E-state index >= 15 is 0 Å². The molecule has 1 unspecified atom stereocenters. The summed E-state index contributed by atoms with van der Waals surface area (Å²) in [6.45, 7) is 3.25.